The van der Waals surface area contributed by atoms with Gasteiger partial charge in [-0.05, 0) is 52.7 Å². The summed E-state index contributed by atoms with van der Waals surface area (Å²) in [6, 6.07) is 0.657. The standard InChI is InChI=1S/C20H31N/c1-7-11-19(16-17(2)14-15-20(3,4)5)21(6)18-12-9-8-10-13-18/h7,11,16,18H,1,8-10,12-13H2,2-6H3/b17-16+,19-11?. The van der Waals surface area contributed by atoms with Gasteiger partial charge in [-0.3, -0.25) is 0 Å². The van der Waals surface area contributed by atoms with Crippen LogP contribution in [0.15, 0.2) is 36.1 Å². The second-order valence-corrected chi connectivity index (χ2v) is 7.06. The van der Waals surface area contributed by atoms with Crippen molar-refractivity contribution in [2.24, 2.45) is 5.41 Å². The first-order chi connectivity index (χ1) is 9.83. The Hall–Kier alpha value is -1.42. The predicted octanol–water partition coefficient (Wildman–Crippen LogP) is 5.32. The van der Waals surface area contributed by atoms with Crippen LogP contribution >= 0.6 is 0 Å². The molecule has 1 heteroatoms. The molecule has 0 radical (unpaired) electrons. The highest BCUT2D eigenvalue weighted by molar-refractivity contribution is 5.36. The Morgan fingerprint density at radius 2 is 1.81 bits per heavy atom. The maximum atomic E-state index is 3.85. The fourth-order valence-corrected chi connectivity index (χ4v) is 2.61. The Kier molecular flexibility index (Phi) is 6.82. The Bertz CT molecular complexity index is 456. The van der Waals surface area contributed by atoms with Crippen LogP contribution in [0.4, 0.5) is 0 Å². The molecule has 1 fully saturated rings. The van der Waals surface area contributed by atoms with E-state index in [0.717, 1.165) is 5.57 Å². The van der Waals surface area contributed by atoms with E-state index in [2.05, 4.69) is 70.2 Å². The molecule has 0 aromatic rings. The Balaban J connectivity index is 2.88. The average molecular weight is 285 g/mol. The van der Waals surface area contributed by atoms with E-state index in [1.807, 2.05) is 6.08 Å². The van der Waals surface area contributed by atoms with E-state index in [-0.39, 0.29) is 5.41 Å². The van der Waals surface area contributed by atoms with Crippen LogP contribution in [0.25, 0.3) is 0 Å². The van der Waals surface area contributed by atoms with Crippen LogP contribution in [0, 0.1) is 17.3 Å². The van der Waals surface area contributed by atoms with Gasteiger partial charge in [-0.2, -0.15) is 0 Å². The number of hydrogen-bond donors (Lipinski definition) is 0. The third kappa shape index (κ3) is 6.71. The predicted molar refractivity (Wildman–Crippen MR) is 93.9 cm³/mol. The van der Waals surface area contributed by atoms with E-state index in [0.29, 0.717) is 6.04 Å². The fourth-order valence-electron chi connectivity index (χ4n) is 2.61. The van der Waals surface area contributed by atoms with Crippen molar-refractivity contribution in [3.63, 3.8) is 0 Å². The molecule has 1 aliphatic rings. The Morgan fingerprint density at radius 1 is 1.19 bits per heavy atom. The molecular formula is C20H31N. The maximum Gasteiger partial charge on any atom is 0.0374 e. The van der Waals surface area contributed by atoms with Crippen LogP contribution in [0.1, 0.15) is 59.8 Å². The summed E-state index contributed by atoms with van der Waals surface area (Å²) in [6.07, 6.45) is 12.8. The number of allylic oxidation sites excluding steroid dienone is 4. The first-order valence-corrected chi connectivity index (χ1v) is 8.10. The van der Waals surface area contributed by atoms with Gasteiger partial charge in [0.05, 0.1) is 0 Å². The van der Waals surface area contributed by atoms with E-state index >= 15 is 0 Å². The van der Waals surface area contributed by atoms with Crippen molar-refractivity contribution in [1.29, 1.82) is 0 Å². The second-order valence-electron chi connectivity index (χ2n) is 7.06. The molecular weight excluding hydrogens is 254 g/mol. The van der Waals surface area contributed by atoms with Gasteiger partial charge >= 0.3 is 0 Å². The molecule has 116 valence electrons. The SMILES string of the molecule is C=CC=C(/C=C(\C)C#CC(C)(C)C)N(C)C1CCCCC1. The number of nitrogens with zero attached hydrogens (tertiary/aromatic N) is 1. The summed E-state index contributed by atoms with van der Waals surface area (Å²) >= 11 is 0. The van der Waals surface area contributed by atoms with Gasteiger partial charge in [-0.1, -0.05) is 43.8 Å². The van der Waals surface area contributed by atoms with E-state index in [9.17, 15) is 0 Å². The van der Waals surface area contributed by atoms with Crippen molar-refractivity contribution in [2.75, 3.05) is 7.05 Å². The van der Waals surface area contributed by atoms with Crippen molar-refractivity contribution in [3.8, 4) is 11.8 Å². The zero-order chi connectivity index (χ0) is 15.9. The highest BCUT2D eigenvalue weighted by Gasteiger charge is 2.18. The molecule has 1 aliphatic carbocycles. The lowest BCUT2D eigenvalue weighted by molar-refractivity contribution is 0.242. The highest BCUT2D eigenvalue weighted by atomic mass is 15.1. The third-order valence-electron chi connectivity index (χ3n) is 3.82. The van der Waals surface area contributed by atoms with E-state index < -0.39 is 0 Å². The summed E-state index contributed by atoms with van der Waals surface area (Å²) in [5.41, 5.74) is 2.38. The van der Waals surface area contributed by atoms with Crippen molar-refractivity contribution >= 4 is 0 Å². The Labute approximate surface area is 131 Å². The summed E-state index contributed by atoms with van der Waals surface area (Å²) < 4.78 is 0. The molecule has 0 heterocycles. The summed E-state index contributed by atoms with van der Waals surface area (Å²) in [5.74, 6) is 6.58. The topological polar surface area (TPSA) is 3.24 Å². The molecule has 0 N–H and O–H groups in total. The van der Waals surface area contributed by atoms with Gasteiger partial charge in [0, 0.05) is 29.8 Å². The van der Waals surface area contributed by atoms with Crippen LogP contribution in [0.2, 0.25) is 0 Å². The number of hydrogen-bond acceptors (Lipinski definition) is 1. The molecule has 0 unspecified atom stereocenters. The molecule has 0 spiro atoms. The molecule has 0 atom stereocenters. The monoisotopic (exact) mass is 285 g/mol. The molecule has 0 aromatic carbocycles. The summed E-state index contributed by atoms with van der Waals surface area (Å²) in [4.78, 5) is 2.41. The van der Waals surface area contributed by atoms with Crippen molar-refractivity contribution < 1.29 is 0 Å². The largest absolute Gasteiger partial charge is 0.372 e. The summed E-state index contributed by atoms with van der Waals surface area (Å²) in [7, 11) is 2.20. The molecule has 1 rings (SSSR count). The second kappa shape index (κ2) is 8.13. The summed E-state index contributed by atoms with van der Waals surface area (Å²) in [6.45, 7) is 12.4. The van der Waals surface area contributed by atoms with E-state index in [1.165, 1.54) is 37.8 Å². The third-order valence-corrected chi connectivity index (χ3v) is 3.82. The van der Waals surface area contributed by atoms with Crippen molar-refractivity contribution in [1.82, 2.24) is 4.90 Å². The normalized spacial score (nSPS) is 18.0. The van der Waals surface area contributed by atoms with Crippen LogP contribution in [0.3, 0.4) is 0 Å². The van der Waals surface area contributed by atoms with Gasteiger partial charge < -0.3 is 4.90 Å². The van der Waals surface area contributed by atoms with Crippen LogP contribution in [0.5, 0.6) is 0 Å². The lowest BCUT2D eigenvalue weighted by atomic mass is 9.94. The molecule has 1 saturated carbocycles. The molecule has 0 aromatic heterocycles. The van der Waals surface area contributed by atoms with Crippen LogP contribution < -0.4 is 0 Å². The van der Waals surface area contributed by atoms with Gasteiger partial charge in [-0.25, -0.2) is 0 Å². The summed E-state index contributed by atoms with van der Waals surface area (Å²) in [5, 5.41) is 0. The molecule has 0 aliphatic heterocycles. The first-order valence-electron chi connectivity index (χ1n) is 8.10. The Morgan fingerprint density at radius 3 is 2.33 bits per heavy atom. The zero-order valence-corrected chi connectivity index (χ0v) is 14.5. The molecule has 0 saturated heterocycles. The molecule has 1 nitrogen and oxygen atoms in total. The first kappa shape index (κ1) is 17.6. The maximum absolute atomic E-state index is 3.85. The van der Waals surface area contributed by atoms with Gasteiger partial charge in [0.25, 0.3) is 0 Å². The molecule has 0 bridgehead atoms. The van der Waals surface area contributed by atoms with Crippen LogP contribution in [-0.4, -0.2) is 18.0 Å². The van der Waals surface area contributed by atoms with Crippen molar-refractivity contribution in [2.45, 2.75) is 65.8 Å². The quantitative estimate of drug-likeness (QED) is 0.499. The minimum Gasteiger partial charge on any atom is -0.372 e. The minimum atomic E-state index is 0.0483. The fraction of sp³-hybridized carbons (Fsp3) is 0.600. The van der Waals surface area contributed by atoms with Gasteiger partial charge in [0.15, 0.2) is 0 Å². The van der Waals surface area contributed by atoms with E-state index in [1.54, 1.807) is 0 Å². The van der Waals surface area contributed by atoms with Gasteiger partial charge in [0.2, 0.25) is 0 Å². The molecule has 0 amide bonds. The lowest BCUT2D eigenvalue weighted by Crippen LogP contribution is -2.32. The van der Waals surface area contributed by atoms with Crippen molar-refractivity contribution in [3.05, 3.63) is 36.1 Å². The van der Waals surface area contributed by atoms with Crippen LogP contribution in [-0.2, 0) is 0 Å². The van der Waals surface area contributed by atoms with Gasteiger partial charge in [0.1, 0.15) is 0 Å². The van der Waals surface area contributed by atoms with Gasteiger partial charge in [-0.15, -0.1) is 0 Å². The smallest absolute Gasteiger partial charge is 0.0374 e. The minimum absolute atomic E-state index is 0.0483. The molecule has 21 heavy (non-hydrogen) atoms. The highest BCUT2D eigenvalue weighted by Crippen LogP contribution is 2.25. The average Bonchev–Trinajstić information content (AvgIpc) is 2.44. The zero-order valence-electron chi connectivity index (χ0n) is 14.5. The lowest BCUT2D eigenvalue weighted by Gasteiger charge is -2.33. The number of likely N-dealkylation sites (N-methyl/N-ethyl adjacent to an activating group) is 1. The van der Waals surface area contributed by atoms with E-state index in [4.69, 9.17) is 0 Å². The number of rotatable bonds is 4.